The molecule has 0 aliphatic rings. The Labute approximate surface area is 249 Å². The number of halogens is 1. The lowest BCUT2D eigenvalue weighted by Gasteiger charge is -2.33. The van der Waals surface area contributed by atoms with E-state index < -0.39 is 28.5 Å². The third-order valence-electron chi connectivity index (χ3n) is 7.00. The molecule has 0 unspecified atom stereocenters. The summed E-state index contributed by atoms with van der Waals surface area (Å²) in [4.78, 5) is 29.0. The van der Waals surface area contributed by atoms with E-state index in [0.717, 1.165) is 26.6 Å². The molecule has 41 heavy (non-hydrogen) atoms. The molecule has 0 spiro atoms. The van der Waals surface area contributed by atoms with Crippen molar-refractivity contribution in [1.82, 2.24) is 10.2 Å². The minimum atomic E-state index is -4.11. The van der Waals surface area contributed by atoms with Crippen LogP contribution >= 0.6 is 11.6 Å². The zero-order valence-electron chi connectivity index (χ0n) is 24.6. The number of carbonyl (C=O) groups is 2. The van der Waals surface area contributed by atoms with Gasteiger partial charge in [-0.15, -0.1) is 0 Å². The highest BCUT2D eigenvalue weighted by Crippen LogP contribution is 2.27. The normalized spacial score (nSPS) is 12.2. The lowest BCUT2D eigenvalue weighted by atomic mass is 10.1. The number of amides is 2. The standard InChI is InChI=1S/C32H40ClN3O4S/c1-7-30(32(38)34-19-22(2)3)35(20-26-11-13-27(33)14-12-26)31(37)21-36(28-15-10-24(5)25(6)18-28)41(39,40)29-16-8-23(4)9-17-29/h8-18,22,30H,7,19-21H2,1-6H3,(H,34,38)/t30-/m1/s1. The zero-order chi connectivity index (χ0) is 30.3. The predicted octanol–water partition coefficient (Wildman–Crippen LogP) is 6.04. The predicted molar refractivity (Wildman–Crippen MR) is 166 cm³/mol. The molecule has 0 aromatic heterocycles. The van der Waals surface area contributed by atoms with Crippen LogP contribution in [0.15, 0.2) is 71.6 Å². The van der Waals surface area contributed by atoms with Crippen LogP contribution in [-0.4, -0.2) is 44.3 Å². The quantitative estimate of drug-likeness (QED) is 0.276. The molecule has 0 bridgehead atoms. The molecule has 1 N–H and O–H groups in total. The summed E-state index contributed by atoms with van der Waals surface area (Å²) in [7, 11) is -4.11. The topological polar surface area (TPSA) is 86.8 Å². The number of nitrogens with zero attached hydrogens (tertiary/aromatic N) is 2. The summed E-state index contributed by atoms with van der Waals surface area (Å²) in [6.45, 7) is 11.7. The third-order valence-corrected chi connectivity index (χ3v) is 9.04. The van der Waals surface area contributed by atoms with Crippen molar-refractivity contribution in [2.75, 3.05) is 17.4 Å². The third kappa shape index (κ3) is 8.33. The second-order valence-electron chi connectivity index (χ2n) is 10.8. The van der Waals surface area contributed by atoms with E-state index in [9.17, 15) is 18.0 Å². The fourth-order valence-electron chi connectivity index (χ4n) is 4.38. The highest BCUT2D eigenvalue weighted by atomic mass is 35.5. The molecule has 2 amide bonds. The Balaban J connectivity index is 2.06. The molecule has 220 valence electrons. The Morgan fingerprint density at radius 1 is 0.902 bits per heavy atom. The molecule has 0 aliphatic heterocycles. The maximum Gasteiger partial charge on any atom is 0.264 e. The Bertz CT molecular complexity index is 1460. The minimum absolute atomic E-state index is 0.0834. The zero-order valence-corrected chi connectivity index (χ0v) is 26.2. The lowest BCUT2D eigenvalue weighted by molar-refractivity contribution is -0.140. The smallest absolute Gasteiger partial charge is 0.264 e. The van der Waals surface area contributed by atoms with Gasteiger partial charge in [-0.25, -0.2) is 8.42 Å². The maximum absolute atomic E-state index is 14.1. The minimum Gasteiger partial charge on any atom is -0.354 e. The first-order valence-electron chi connectivity index (χ1n) is 13.8. The molecule has 0 saturated carbocycles. The number of sulfonamides is 1. The van der Waals surface area contributed by atoms with Crippen LogP contribution in [0.4, 0.5) is 5.69 Å². The Morgan fingerprint density at radius 3 is 2.10 bits per heavy atom. The highest BCUT2D eigenvalue weighted by Gasteiger charge is 2.33. The summed E-state index contributed by atoms with van der Waals surface area (Å²) in [6, 6.07) is 18.1. The number of carbonyl (C=O) groups excluding carboxylic acids is 2. The van der Waals surface area contributed by atoms with Crippen LogP contribution in [0.3, 0.4) is 0 Å². The van der Waals surface area contributed by atoms with Crippen molar-refractivity contribution in [2.24, 2.45) is 5.92 Å². The number of nitrogens with one attached hydrogen (secondary N) is 1. The summed E-state index contributed by atoms with van der Waals surface area (Å²) in [5.41, 5.74) is 3.98. The van der Waals surface area contributed by atoms with E-state index in [1.54, 1.807) is 60.7 Å². The van der Waals surface area contributed by atoms with Gasteiger partial charge >= 0.3 is 0 Å². The molecule has 0 saturated heterocycles. The van der Waals surface area contributed by atoms with Crippen LogP contribution in [0, 0.1) is 26.7 Å². The number of hydrogen-bond acceptors (Lipinski definition) is 4. The number of aryl methyl sites for hydroxylation is 3. The summed E-state index contributed by atoms with van der Waals surface area (Å²) in [5, 5.41) is 3.49. The first-order chi connectivity index (χ1) is 19.3. The van der Waals surface area contributed by atoms with Crippen LogP contribution in [0.2, 0.25) is 5.02 Å². The fraction of sp³-hybridized carbons (Fsp3) is 0.375. The SMILES string of the molecule is CC[C@H](C(=O)NCC(C)C)N(Cc1ccc(Cl)cc1)C(=O)CN(c1ccc(C)c(C)c1)S(=O)(=O)c1ccc(C)cc1. The molecule has 3 aromatic rings. The van der Waals surface area contributed by atoms with E-state index in [1.807, 2.05) is 47.6 Å². The first-order valence-corrected chi connectivity index (χ1v) is 15.6. The average molecular weight is 598 g/mol. The van der Waals surface area contributed by atoms with Gasteiger partial charge in [0.05, 0.1) is 10.6 Å². The van der Waals surface area contributed by atoms with Gasteiger partial charge in [0.25, 0.3) is 10.0 Å². The molecule has 0 aliphatic carbocycles. The molecule has 0 radical (unpaired) electrons. The summed E-state index contributed by atoms with van der Waals surface area (Å²) >= 11 is 6.08. The number of rotatable bonds is 12. The molecule has 3 rings (SSSR count). The Kier molecular flexibility index (Phi) is 11.0. The van der Waals surface area contributed by atoms with Gasteiger partial charge in [-0.3, -0.25) is 13.9 Å². The van der Waals surface area contributed by atoms with E-state index in [2.05, 4.69) is 5.32 Å². The van der Waals surface area contributed by atoms with E-state index in [0.29, 0.717) is 23.7 Å². The van der Waals surface area contributed by atoms with Gasteiger partial charge in [0.1, 0.15) is 12.6 Å². The van der Waals surface area contributed by atoms with Crippen LogP contribution in [-0.2, 0) is 26.2 Å². The number of benzene rings is 3. The van der Waals surface area contributed by atoms with Crippen molar-refractivity contribution >= 4 is 39.1 Å². The van der Waals surface area contributed by atoms with Crippen molar-refractivity contribution in [3.63, 3.8) is 0 Å². The van der Waals surface area contributed by atoms with Crippen molar-refractivity contribution < 1.29 is 18.0 Å². The molecule has 0 fully saturated rings. The van der Waals surface area contributed by atoms with Crippen LogP contribution < -0.4 is 9.62 Å². The van der Waals surface area contributed by atoms with Gasteiger partial charge in [0.15, 0.2) is 0 Å². The second-order valence-corrected chi connectivity index (χ2v) is 13.1. The van der Waals surface area contributed by atoms with Crippen molar-refractivity contribution in [3.8, 4) is 0 Å². The van der Waals surface area contributed by atoms with E-state index >= 15 is 0 Å². The monoisotopic (exact) mass is 597 g/mol. The van der Waals surface area contributed by atoms with Gasteiger partial charge in [0.2, 0.25) is 11.8 Å². The van der Waals surface area contributed by atoms with Gasteiger partial charge in [-0.1, -0.05) is 68.3 Å². The molecule has 7 nitrogen and oxygen atoms in total. The van der Waals surface area contributed by atoms with Gasteiger partial charge in [-0.2, -0.15) is 0 Å². The molecule has 3 aromatic carbocycles. The Hall–Kier alpha value is -3.36. The largest absolute Gasteiger partial charge is 0.354 e. The van der Waals surface area contributed by atoms with Crippen LogP contribution in [0.25, 0.3) is 0 Å². The molecular weight excluding hydrogens is 558 g/mol. The average Bonchev–Trinajstić information content (AvgIpc) is 2.93. The van der Waals surface area contributed by atoms with Crippen molar-refractivity contribution in [1.29, 1.82) is 0 Å². The maximum atomic E-state index is 14.1. The van der Waals surface area contributed by atoms with Gasteiger partial charge in [-0.05, 0) is 86.2 Å². The first kappa shape index (κ1) is 32.2. The fourth-order valence-corrected chi connectivity index (χ4v) is 5.91. The molecule has 1 atom stereocenters. The van der Waals surface area contributed by atoms with Gasteiger partial charge in [0, 0.05) is 18.1 Å². The molecule has 0 heterocycles. The van der Waals surface area contributed by atoms with E-state index in [4.69, 9.17) is 11.6 Å². The van der Waals surface area contributed by atoms with Crippen molar-refractivity contribution in [2.45, 2.75) is 65.4 Å². The van der Waals surface area contributed by atoms with E-state index in [-0.39, 0.29) is 23.3 Å². The molecular formula is C32H40ClN3O4S. The van der Waals surface area contributed by atoms with Crippen LogP contribution in [0.1, 0.15) is 49.4 Å². The summed E-state index contributed by atoms with van der Waals surface area (Å²) in [5.74, 6) is -0.528. The number of hydrogen-bond donors (Lipinski definition) is 1. The number of anilines is 1. The van der Waals surface area contributed by atoms with Crippen LogP contribution in [0.5, 0.6) is 0 Å². The highest BCUT2D eigenvalue weighted by molar-refractivity contribution is 7.92. The second kappa shape index (κ2) is 14.0. The summed E-state index contributed by atoms with van der Waals surface area (Å²) in [6.07, 6.45) is 0.359. The van der Waals surface area contributed by atoms with E-state index in [1.165, 1.54) is 4.90 Å². The molecule has 9 heteroatoms. The Morgan fingerprint density at radius 2 is 1.54 bits per heavy atom. The lowest BCUT2D eigenvalue weighted by Crippen LogP contribution is -2.52. The van der Waals surface area contributed by atoms with Crippen molar-refractivity contribution in [3.05, 3.63) is 94.0 Å². The van der Waals surface area contributed by atoms with Gasteiger partial charge < -0.3 is 10.2 Å². The summed E-state index contributed by atoms with van der Waals surface area (Å²) < 4.78 is 29.2.